The van der Waals surface area contributed by atoms with Crippen LogP contribution in [-0.4, -0.2) is 18.0 Å². The summed E-state index contributed by atoms with van der Waals surface area (Å²) in [7, 11) is 1.54. The maximum absolute atomic E-state index is 12.1. The maximum Gasteiger partial charge on any atom is 0.256 e. The summed E-state index contributed by atoms with van der Waals surface area (Å²) in [6.45, 7) is 0. The van der Waals surface area contributed by atoms with Gasteiger partial charge >= 0.3 is 0 Å². The van der Waals surface area contributed by atoms with Crippen LogP contribution in [-0.2, 0) is 0 Å². The van der Waals surface area contributed by atoms with E-state index in [1.807, 2.05) is 0 Å². The standard InChI is InChI=1S/C13H10ClIN2O2/c1-19-12-5-3-9(7-16-12)17-13(18)10-4-2-8(14)6-11(10)15/h2-7H,1H3,(H,17,18). The zero-order valence-corrected chi connectivity index (χ0v) is 12.9. The van der Waals surface area contributed by atoms with Gasteiger partial charge in [0.05, 0.1) is 24.6 Å². The van der Waals surface area contributed by atoms with Crippen LogP contribution in [0.15, 0.2) is 36.5 Å². The molecule has 1 amide bonds. The van der Waals surface area contributed by atoms with Gasteiger partial charge in [-0.3, -0.25) is 4.79 Å². The van der Waals surface area contributed by atoms with Crippen LogP contribution in [0.3, 0.4) is 0 Å². The Labute approximate surface area is 129 Å². The lowest BCUT2D eigenvalue weighted by molar-refractivity contribution is 0.102. The highest BCUT2D eigenvalue weighted by atomic mass is 127. The first-order chi connectivity index (χ1) is 9.10. The first-order valence-corrected chi connectivity index (χ1v) is 6.82. The lowest BCUT2D eigenvalue weighted by atomic mass is 10.2. The summed E-state index contributed by atoms with van der Waals surface area (Å²) in [5, 5.41) is 3.37. The Bertz CT molecular complexity index is 602. The number of hydrogen-bond acceptors (Lipinski definition) is 3. The Kier molecular flexibility index (Phi) is 4.60. The Morgan fingerprint density at radius 3 is 2.74 bits per heavy atom. The number of anilines is 1. The second-order valence-electron chi connectivity index (χ2n) is 3.67. The molecule has 0 aliphatic carbocycles. The highest BCUT2D eigenvalue weighted by Gasteiger charge is 2.10. The molecule has 19 heavy (non-hydrogen) atoms. The molecule has 0 bridgehead atoms. The third-order valence-electron chi connectivity index (χ3n) is 2.38. The van der Waals surface area contributed by atoms with Crippen molar-refractivity contribution in [3.63, 3.8) is 0 Å². The molecule has 1 aromatic heterocycles. The van der Waals surface area contributed by atoms with Crippen molar-refractivity contribution in [1.82, 2.24) is 4.98 Å². The van der Waals surface area contributed by atoms with Gasteiger partial charge in [-0.2, -0.15) is 0 Å². The molecule has 0 spiro atoms. The number of rotatable bonds is 3. The van der Waals surface area contributed by atoms with Gasteiger partial charge in [-0.25, -0.2) is 4.98 Å². The van der Waals surface area contributed by atoms with Crippen molar-refractivity contribution in [2.24, 2.45) is 0 Å². The van der Waals surface area contributed by atoms with Crippen molar-refractivity contribution < 1.29 is 9.53 Å². The van der Waals surface area contributed by atoms with Crippen LogP contribution in [0.25, 0.3) is 0 Å². The molecule has 2 rings (SSSR count). The summed E-state index contributed by atoms with van der Waals surface area (Å²) in [6.07, 6.45) is 1.54. The van der Waals surface area contributed by atoms with Gasteiger partial charge in [0, 0.05) is 14.7 Å². The maximum atomic E-state index is 12.1. The minimum Gasteiger partial charge on any atom is -0.481 e. The van der Waals surface area contributed by atoms with Crippen molar-refractivity contribution in [1.29, 1.82) is 0 Å². The van der Waals surface area contributed by atoms with Crippen LogP contribution >= 0.6 is 34.2 Å². The number of amides is 1. The molecule has 0 aliphatic heterocycles. The highest BCUT2D eigenvalue weighted by Crippen LogP contribution is 2.19. The third-order valence-corrected chi connectivity index (χ3v) is 3.51. The van der Waals surface area contributed by atoms with E-state index in [9.17, 15) is 4.79 Å². The molecular weight excluding hydrogens is 379 g/mol. The summed E-state index contributed by atoms with van der Waals surface area (Å²) in [5.74, 6) is 0.298. The summed E-state index contributed by atoms with van der Waals surface area (Å²) in [4.78, 5) is 16.1. The number of hydrogen-bond donors (Lipinski definition) is 1. The number of carbonyl (C=O) groups is 1. The quantitative estimate of drug-likeness (QED) is 0.818. The van der Waals surface area contributed by atoms with Gasteiger partial charge in [-0.1, -0.05) is 11.6 Å². The van der Waals surface area contributed by atoms with Crippen molar-refractivity contribution >= 4 is 45.8 Å². The zero-order valence-electron chi connectivity index (χ0n) is 9.98. The first kappa shape index (κ1) is 14.1. The van der Waals surface area contributed by atoms with E-state index in [0.717, 1.165) is 3.57 Å². The van der Waals surface area contributed by atoms with E-state index in [-0.39, 0.29) is 5.91 Å². The van der Waals surface area contributed by atoms with E-state index >= 15 is 0 Å². The van der Waals surface area contributed by atoms with E-state index in [2.05, 4.69) is 32.9 Å². The second kappa shape index (κ2) is 6.21. The van der Waals surface area contributed by atoms with Crippen LogP contribution in [0.1, 0.15) is 10.4 Å². The third kappa shape index (κ3) is 3.57. The van der Waals surface area contributed by atoms with Crippen LogP contribution in [0, 0.1) is 3.57 Å². The molecule has 6 heteroatoms. The number of benzene rings is 1. The predicted octanol–water partition coefficient (Wildman–Crippen LogP) is 3.60. The molecule has 0 aliphatic rings. The van der Waals surface area contributed by atoms with E-state index < -0.39 is 0 Å². The number of ether oxygens (including phenoxy) is 1. The van der Waals surface area contributed by atoms with Gasteiger partial charge in [0.25, 0.3) is 5.91 Å². The lowest BCUT2D eigenvalue weighted by Gasteiger charge is -2.07. The Morgan fingerprint density at radius 1 is 1.37 bits per heavy atom. The molecule has 1 heterocycles. The minimum absolute atomic E-state index is 0.201. The van der Waals surface area contributed by atoms with Crippen LogP contribution in [0.5, 0.6) is 5.88 Å². The van der Waals surface area contributed by atoms with Crippen LogP contribution in [0.2, 0.25) is 5.02 Å². The Hall–Kier alpha value is -1.34. The largest absolute Gasteiger partial charge is 0.481 e. The van der Waals surface area contributed by atoms with Gasteiger partial charge in [-0.15, -0.1) is 0 Å². The monoisotopic (exact) mass is 388 g/mol. The number of pyridine rings is 1. The number of carbonyl (C=O) groups excluding carboxylic acids is 1. The minimum atomic E-state index is -0.201. The molecule has 0 saturated heterocycles. The first-order valence-electron chi connectivity index (χ1n) is 5.36. The topological polar surface area (TPSA) is 51.2 Å². The van der Waals surface area contributed by atoms with E-state index in [0.29, 0.717) is 22.2 Å². The SMILES string of the molecule is COc1ccc(NC(=O)c2ccc(Cl)cc2I)cn1. The fourth-order valence-electron chi connectivity index (χ4n) is 1.45. The molecule has 1 aromatic carbocycles. The van der Waals surface area contributed by atoms with Crippen molar-refractivity contribution in [3.8, 4) is 5.88 Å². The fraction of sp³-hybridized carbons (Fsp3) is 0.0769. The summed E-state index contributed by atoms with van der Waals surface area (Å²) >= 11 is 7.93. The predicted molar refractivity (Wildman–Crippen MR) is 82.9 cm³/mol. The molecule has 1 N–H and O–H groups in total. The number of methoxy groups -OCH3 is 1. The van der Waals surface area contributed by atoms with Gasteiger partial charge in [0.2, 0.25) is 5.88 Å². The van der Waals surface area contributed by atoms with E-state index in [1.165, 1.54) is 7.11 Å². The molecular formula is C13H10ClIN2O2. The van der Waals surface area contributed by atoms with E-state index in [1.54, 1.807) is 36.5 Å². The van der Waals surface area contributed by atoms with Gasteiger partial charge < -0.3 is 10.1 Å². The molecule has 0 fully saturated rings. The van der Waals surface area contributed by atoms with Crippen LogP contribution in [0.4, 0.5) is 5.69 Å². The average molecular weight is 389 g/mol. The number of halogens is 2. The molecule has 0 saturated carbocycles. The fourth-order valence-corrected chi connectivity index (χ4v) is 2.56. The smallest absolute Gasteiger partial charge is 0.256 e. The number of nitrogens with zero attached hydrogens (tertiary/aromatic N) is 1. The molecule has 98 valence electrons. The molecule has 2 aromatic rings. The van der Waals surface area contributed by atoms with Gasteiger partial charge in [0.1, 0.15) is 0 Å². The molecule has 0 unspecified atom stereocenters. The summed E-state index contributed by atoms with van der Waals surface area (Å²) < 4.78 is 5.75. The second-order valence-corrected chi connectivity index (χ2v) is 5.27. The molecule has 4 nitrogen and oxygen atoms in total. The van der Waals surface area contributed by atoms with Crippen molar-refractivity contribution in [2.75, 3.05) is 12.4 Å². The van der Waals surface area contributed by atoms with Crippen molar-refractivity contribution in [2.45, 2.75) is 0 Å². The number of nitrogens with one attached hydrogen (secondary N) is 1. The van der Waals surface area contributed by atoms with E-state index in [4.69, 9.17) is 16.3 Å². The average Bonchev–Trinajstić information content (AvgIpc) is 2.39. The molecule has 0 radical (unpaired) electrons. The van der Waals surface area contributed by atoms with Gasteiger partial charge in [0.15, 0.2) is 0 Å². The van der Waals surface area contributed by atoms with Gasteiger partial charge in [-0.05, 0) is 46.9 Å². The Balaban J connectivity index is 2.15. The van der Waals surface area contributed by atoms with Crippen molar-refractivity contribution in [3.05, 3.63) is 50.7 Å². The summed E-state index contributed by atoms with van der Waals surface area (Å²) in [6, 6.07) is 8.53. The zero-order chi connectivity index (χ0) is 13.8. The summed E-state index contributed by atoms with van der Waals surface area (Å²) in [5.41, 5.74) is 1.18. The van der Waals surface area contributed by atoms with Crippen LogP contribution < -0.4 is 10.1 Å². The number of aromatic nitrogens is 1. The highest BCUT2D eigenvalue weighted by molar-refractivity contribution is 14.1. The normalized spacial score (nSPS) is 10.1. The Morgan fingerprint density at radius 2 is 2.16 bits per heavy atom. The molecule has 0 atom stereocenters. The lowest BCUT2D eigenvalue weighted by Crippen LogP contribution is -2.13.